The summed E-state index contributed by atoms with van der Waals surface area (Å²) in [5.74, 6) is 0.788. The van der Waals surface area contributed by atoms with Crippen LogP contribution in [-0.4, -0.2) is 29.3 Å². The SMILES string of the molecule is O=C(O)N1CCOc2ccccc2C1. The first-order valence-electron chi connectivity index (χ1n) is 4.46. The molecule has 0 spiro atoms. The quantitative estimate of drug-likeness (QED) is 0.680. The summed E-state index contributed by atoms with van der Waals surface area (Å²) in [6, 6.07) is 7.51. The van der Waals surface area contributed by atoms with Gasteiger partial charge in [-0.05, 0) is 6.07 Å². The number of ether oxygens (including phenoxy) is 1. The van der Waals surface area contributed by atoms with Gasteiger partial charge in [0.1, 0.15) is 12.4 Å². The zero-order valence-electron chi connectivity index (χ0n) is 7.64. The summed E-state index contributed by atoms with van der Waals surface area (Å²) in [5.41, 5.74) is 0.924. The molecule has 1 aromatic carbocycles. The molecule has 1 N–H and O–H groups in total. The highest BCUT2D eigenvalue weighted by atomic mass is 16.5. The van der Waals surface area contributed by atoms with Crippen LogP contribution in [0.15, 0.2) is 24.3 Å². The van der Waals surface area contributed by atoms with E-state index in [1.807, 2.05) is 24.3 Å². The molecule has 0 aliphatic carbocycles. The van der Waals surface area contributed by atoms with Crippen LogP contribution in [0, 0.1) is 0 Å². The molecule has 0 saturated heterocycles. The molecule has 0 unspecified atom stereocenters. The van der Waals surface area contributed by atoms with Gasteiger partial charge in [0, 0.05) is 5.56 Å². The molecular weight excluding hydrogens is 182 g/mol. The molecule has 2 rings (SSSR count). The molecule has 14 heavy (non-hydrogen) atoms. The van der Waals surface area contributed by atoms with Crippen LogP contribution >= 0.6 is 0 Å². The van der Waals surface area contributed by atoms with Crippen LogP contribution in [0.25, 0.3) is 0 Å². The molecule has 1 aliphatic heterocycles. The highest BCUT2D eigenvalue weighted by Gasteiger charge is 2.17. The fourth-order valence-corrected chi connectivity index (χ4v) is 1.49. The average molecular weight is 193 g/mol. The van der Waals surface area contributed by atoms with Gasteiger partial charge < -0.3 is 14.7 Å². The van der Waals surface area contributed by atoms with E-state index < -0.39 is 6.09 Å². The van der Waals surface area contributed by atoms with E-state index in [2.05, 4.69) is 0 Å². The van der Waals surface area contributed by atoms with E-state index in [1.54, 1.807) is 0 Å². The van der Waals surface area contributed by atoms with Gasteiger partial charge in [0.15, 0.2) is 0 Å². The largest absolute Gasteiger partial charge is 0.491 e. The predicted molar refractivity (Wildman–Crippen MR) is 50.4 cm³/mol. The van der Waals surface area contributed by atoms with Crippen LogP contribution in [0.4, 0.5) is 4.79 Å². The molecule has 0 fully saturated rings. The van der Waals surface area contributed by atoms with Crippen LogP contribution in [-0.2, 0) is 6.54 Å². The third kappa shape index (κ3) is 1.64. The van der Waals surface area contributed by atoms with Crippen LogP contribution in [0.1, 0.15) is 5.56 Å². The lowest BCUT2D eigenvalue weighted by Crippen LogP contribution is -2.30. The second-order valence-corrected chi connectivity index (χ2v) is 3.16. The Morgan fingerprint density at radius 2 is 2.21 bits per heavy atom. The number of para-hydroxylation sites is 1. The van der Waals surface area contributed by atoms with Gasteiger partial charge in [0.25, 0.3) is 0 Å². The number of benzene rings is 1. The van der Waals surface area contributed by atoms with Gasteiger partial charge in [-0.15, -0.1) is 0 Å². The lowest BCUT2D eigenvalue weighted by molar-refractivity contribution is 0.138. The van der Waals surface area contributed by atoms with Gasteiger partial charge in [-0.25, -0.2) is 4.79 Å². The highest BCUT2D eigenvalue weighted by Crippen LogP contribution is 2.22. The van der Waals surface area contributed by atoms with Crippen LogP contribution in [0.2, 0.25) is 0 Å². The Hall–Kier alpha value is -1.71. The number of carboxylic acid groups (broad SMARTS) is 1. The van der Waals surface area contributed by atoms with Gasteiger partial charge in [0.05, 0.1) is 13.1 Å². The molecule has 4 heteroatoms. The first-order chi connectivity index (χ1) is 6.77. The van der Waals surface area contributed by atoms with Gasteiger partial charge in [0.2, 0.25) is 0 Å². The van der Waals surface area contributed by atoms with Crippen molar-refractivity contribution >= 4 is 6.09 Å². The average Bonchev–Trinajstić information content (AvgIpc) is 2.39. The van der Waals surface area contributed by atoms with Crippen molar-refractivity contribution in [3.63, 3.8) is 0 Å². The van der Waals surface area contributed by atoms with E-state index in [0.29, 0.717) is 19.7 Å². The van der Waals surface area contributed by atoms with E-state index in [4.69, 9.17) is 9.84 Å². The van der Waals surface area contributed by atoms with Crippen molar-refractivity contribution in [2.45, 2.75) is 6.54 Å². The third-order valence-electron chi connectivity index (χ3n) is 2.22. The standard InChI is InChI=1S/C10H11NO3/c12-10(13)11-5-6-14-9-4-2-1-3-8(9)7-11/h1-4H,5-7H2,(H,12,13). The molecule has 1 amide bonds. The maximum Gasteiger partial charge on any atom is 0.407 e. The molecule has 0 aromatic heterocycles. The molecule has 4 nitrogen and oxygen atoms in total. The summed E-state index contributed by atoms with van der Waals surface area (Å²) in [7, 11) is 0. The summed E-state index contributed by atoms with van der Waals surface area (Å²) in [4.78, 5) is 12.1. The van der Waals surface area contributed by atoms with Crippen molar-refractivity contribution in [1.82, 2.24) is 4.90 Å². The molecule has 1 aromatic rings. The number of hydrogen-bond donors (Lipinski definition) is 1. The predicted octanol–water partition coefficient (Wildman–Crippen LogP) is 1.56. The Morgan fingerprint density at radius 3 is 3.00 bits per heavy atom. The lowest BCUT2D eigenvalue weighted by atomic mass is 10.2. The van der Waals surface area contributed by atoms with Gasteiger partial charge in [-0.1, -0.05) is 18.2 Å². The van der Waals surface area contributed by atoms with E-state index in [9.17, 15) is 4.79 Å². The van der Waals surface area contributed by atoms with Gasteiger partial charge in [-0.3, -0.25) is 0 Å². The number of rotatable bonds is 0. The number of hydrogen-bond acceptors (Lipinski definition) is 2. The monoisotopic (exact) mass is 193 g/mol. The Kier molecular flexibility index (Phi) is 2.26. The van der Waals surface area contributed by atoms with E-state index >= 15 is 0 Å². The smallest absolute Gasteiger partial charge is 0.407 e. The summed E-state index contributed by atoms with van der Waals surface area (Å²) in [5, 5.41) is 8.86. The lowest BCUT2D eigenvalue weighted by Gasteiger charge is -2.14. The van der Waals surface area contributed by atoms with Crippen molar-refractivity contribution in [1.29, 1.82) is 0 Å². The molecule has 0 saturated carbocycles. The normalized spacial score (nSPS) is 15.3. The second kappa shape index (κ2) is 3.57. The maximum absolute atomic E-state index is 10.8. The Balaban J connectivity index is 2.26. The van der Waals surface area contributed by atoms with Crippen molar-refractivity contribution in [3.05, 3.63) is 29.8 Å². The fraction of sp³-hybridized carbons (Fsp3) is 0.300. The van der Waals surface area contributed by atoms with Crippen LogP contribution in [0.5, 0.6) is 5.75 Å². The van der Waals surface area contributed by atoms with Crippen molar-refractivity contribution in [2.24, 2.45) is 0 Å². The third-order valence-corrected chi connectivity index (χ3v) is 2.22. The Morgan fingerprint density at radius 1 is 1.43 bits per heavy atom. The summed E-state index contributed by atoms with van der Waals surface area (Å²) >= 11 is 0. The second-order valence-electron chi connectivity index (χ2n) is 3.16. The van der Waals surface area contributed by atoms with Crippen molar-refractivity contribution < 1.29 is 14.6 Å². The molecule has 1 heterocycles. The minimum Gasteiger partial charge on any atom is -0.491 e. The zero-order chi connectivity index (χ0) is 9.97. The van der Waals surface area contributed by atoms with Crippen LogP contribution < -0.4 is 4.74 Å². The number of amides is 1. The number of nitrogens with zero attached hydrogens (tertiary/aromatic N) is 1. The topological polar surface area (TPSA) is 49.8 Å². The van der Waals surface area contributed by atoms with Crippen molar-refractivity contribution in [3.8, 4) is 5.75 Å². The number of carbonyl (C=O) groups is 1. The summed E-state index contributed by atoms with van der Waals surface area (Å²) < 4.78 is 5.42. The molecule has 74 valence electrons. The van der Waals surface area contributed by atoms with E-state index in [0.717, 1.165) is 11.3 Å². The minimum atomic E-state index is -0.898. The minimum absolute atomic E-state index is 0.408. The van der Waals surface area contributed by atoms with E-state index in [-0.39, 0.29) is 0 Å². The molecule has 0 bridgehead atoms. The Labute approximate surface area is 81.7 Å². The number of fused-ring (bicyclic) bond motifs is 1. The summed E-state index contributed by atoms with van der Waals surface area (Å²) in [6.07, 6.45) is -0.898. The summed E-state index contributed by atoms with van der Waals surface area (Å²) in [6.45, 7) is 1.25. The molecule has 0 atom stereocenters. The first kappa shape index (κ1) is 8.87. The van der Waals surface area contributed by atoms with Crippen LogP contribution in [0.3, 0.4) is 0 Å². The molecule has 1 aliphatic rings. The maximum atomic E-state index is 10.8. The fourth-order valence-electron chi connectivity index (χ4n) is 1.49. The Bertz CT molecular complexity index is 351. The zero-order valence-corrected chi connectivity index (χ0v) is 7.64. The van der Waals surface area contributed by atoms with Crippen molar-refractivity contribution in [2.75, 3.05) is 13.2 Å². The molecular formula is C10H11NO3. The van der Waals surface area contributed by atoms with Gasteiger partial charge in [-0.2, -0.15) is 0 Å². The first-order valence-corrected chi connectivity index (χ1v) is 4.46. The molecule has 0 radical (unpaired) electrons. The van der Waals surface area contributed by atoms with E-state index in [1.165, 1.54) is 4.90 Å². The highest BCUT2D eigenvalue weighted by molar-refractivity contribution is 5.65. The van der Waals surface area contributed by atoms with Gasteiger partial charge >= 0.3 is 6.09 Å².